The average molecular weight is 304 g/mol. The van der Waals surface area contributed by atoms with Crippen LogP contribution in [0.3, 0.4) is 0 Å². The zero-order valence-corrected chi connectivity index (χ0v) is 12.3. The van der Waals surface area contributed by atoms with E-state index in [1.807, 2.05) is 0 Å². The highest BCUT2D eigenvalue weighted by Gasteiger charge is 2.26. The molecule has 0 aliphatic carbocycles. The van der Waals surface area contributed by atoms with Crippen molar-refractivity contribution in [1.82, 2.24) is 5.32 Å². The zero-order chi connectivity index (χ0) is 15.3. The van der Waals surface area contributed by atoms with Crippen LogP contribution in [0.5, 0.6) is 11.5 Å². The second kappa shape index (κ2) is 6.78. The van der Waals surface area contributed by atoms with Crippen molar-refractivity contribution in [3.63, 3.8) is 0 Å². The molecule has 112 valence electrons. The Balaban J connectivity index is 3.08. The Hall–Kier alpha value is -1.50. The van der Waals surface area contributed by atoms with E-state index in [1.165, 1.54) is 33.3 Å². The highest BCUT2D eigenvalue weighted by atomic mass is 35.5. The number of halogens is 1. The van der Waals surface area contributed by atoms with E-state index in [0.717, 1.165) is 0 Å². The smallest absolute Gasteiger partial charge is 0.252 e. The van der Waals surface area contributed by atoms with Gasteiger partial charge in [0.05, 0.1) is 38.0 Å². The standard InChI is InChI=1S/C13H18ClNO5/c1-13(6-16,7-17)15-12(18)8-4-9(14)11(20-3)10(5-8)19-2/h4-5,16-17H,6-7H2,1-3H3,(H,15,18). The summed E-state index contributed by atoms with van der Waals surface area (Å²) < 4.78 is 10.2. The Bertz CT molecular complexity index is 488. The summed E-state index contributed by atoms with van der Waals surface area (Å²) in [7, 11) is 2.87. The van der Waals surface area contributed by atoms with Crippen LogP contribution < -0.4 is 14.8 Å². The van der Waals surface area contributed by atoms with Gasteiger partial charge in [0.25, 0.3) is 5.91 Å². The Labute approximate surface area is 122 Å². The van der Waals surface area contributed by atoms with Crippen LogP contribution in [-0.4, -0.2) is 49.1 Å². The number of methoxy groups -OCH3 is 2. The van der Waals surface area contributed by atoms with Crippen molar-refractivity contribution >= 4 is 17.5 Å². The number of aliphatic hydroxyl groups excluding tert-OH is 2. The number of carbonyl (C=O) groups is 1. The Morgan fingerprint density at radius 2 is 1.90 bits per heavy atom. The summed E-state index contributed by atoms with van der Waals surface area (Å²) in [6, 6.07) is 2.89. The van der Waals surface area contributed by atoms with Gasteiger partial charge in [0.15, 0.2) is 11.5 Å². The van der Waals surface area contributed by atoms with Crippen LogP contribution in [0, 0.1) is 0 Å². The first-order chi connectivity index (χ1) is 9.40. The van der Waals surface area contributed by atoms with Crippen molar-refractivity contribution in [2.24, 2.45) is 0 Å². The minimum atomic E-state index is -1.11. The number of ether oxygens (including phenoxy) is 2. The van der Waals surface area contributed by atoms with Crippen LogP contribution in [0.15, 0.2) is 12.1 Å². The molecule has 6 nitrogen and oxygen atoms in total. The van der Waals surface area contributed by atoms with Gasteiger partial charge in [-0.2, -0.15) is 0 Å². The summed E-state index contributed by atoms with van der Waals surface area (Å²) in [5.41, 5.74) is -0.878. The predicted molar refractivity (Wildman–Crippen MR) is 74.6 cm³/mol. The second-order valence-electron chi connectivity index (χ2n) is 4.52. The molecule has 0 fully saturated rings. The lowest BCUT2D eigenvalue weighted by Gasteiger charge is -2.26. The third-order valence-corrected chi connectivity index (χ3v) is 3.09. The quantitative estimate of drug-likeness (QED) is 0.724. The molecule has 0 aliphatic rings. The SMILES string of the molecule is COc1cc(C(=O)NC(C)(CO)CO)cc(Cl)c1OC. The summed E-state index contributed by atoms with van der Waals surface area (Å²) in [5.74, 6) is 0.163. The summed E-state index contributed by atoms with van der Waals surface area (Å²) in [6.07, 6.45) is 0. The van der Waals surface area contributed by atoms with Crippen molar-refractivity contribution in [2.45, 2.75) is 12.5 Å². The minimum Gasteiger partial charge on any atom is -0.493 e. The van der Waals surface area contributed by atoms with Crippen LogP contribution >= 0.6 is 11.6 Å². The van der Waals surface area contributed by atoms with Gasteiger partial charge in [-0.15, -0.1) is 0 Å². The van der Waals surface area contributed by atoms with Gasteiger partial charge < -0.3 is 25.0 Å². The van der Waals surface area contributed by atoms with E-state index < -0.39 is 24.7 Å². The molecule has 0 bridgehead atoms. The predicted octanol–water partition coefficient (Wildman–Crippen LogP) is 0.830. The molecule has 0 spiro atoms. The van der Waals surface area contributed by atoms with Gasteiger partial charge in [0.2, 0.25) is 0 Å². The number of benzene rings is 1. The molecule has 0 saturated carbocycles. The highest BCUT2D eigenvalue weighted by Crippen LogP contribution is 2.36. The molecular formula is C13H18ClNO5. The molecule has 20 heavy (non-hydrogen) atoms. The molecule has 1 amide bonds. The van der Waals surface area contributed by atoms with Gasteiger partial charge in [-0.25, -0.2) is 0 Å². The molecule has 0 atom stereocenters. The molecule has 0 aromatic heterocycles. The van der Waals surface area contributed by atoms with Crippen molar-refractivity contribution in [1.29, 1.82) is 0 Å². The average Bonchev–Trinajstić information content (AvgIpc) is 2.45. The topological polar surface area (TPSA) is 88.0 Å². The fourth-order valence-corrected chi connectivity index (χ4v) is 1.81. The number of hydrogen-bond acceptors (Lipinski definition) is 5. The van der Waals surface area contributed by atoms with Gasteiger partial charge in [-0.05, 0) is 19.1 Å². The van der Waals surface area contributed by atoms with Crippen LogP contribution in [-0.2, 0) is 0 Å². The molecule has 1 rings (SSSR count). The van der Waals surface area contributed by atoms with Crippen molar-refractivity contribution < 1.29 is 24.5 Å². The maximum atomic E-state index is 12.1. The molecule has 7 heteroatoms. The van der Waals surface area contributed by atoms with E-state index in [-0.39, 0.29) is 10.6 Å². The molecule has 1 aromatic rings. The first-order valence-electron chi connectivity index (χ1n) is 5.86. The number of aliphatic hydroxyl groups is 2. The zero-order valence-electron chi connectivity index (χ0n) is 11.6. The van der Waals surface area contributed by atoms with Crippen molar-refractivity contribution in [3.8, 4) is 11.5 Å². The lowest BCUT2D eigenvalue weighted by atomic mass is 10.0. The molecule has 0 radical (unpaired) electrons. The Morgan fingerprint density at radius 1 is 1.30 bits per heavy atom. The number of hydrogen-bond donors (Lipinski definition) is 3. The summed E-state index contributed by atoms with van der Waals surface area (Å²) in [4.78, 5) is 12.1. The number of nitrogens with one attached hydrogen (secondary N) is 1. The number of amides is 1. The number of carbonyl (C=O) groups excluding carboxylic acids is 1. The monoisotopic (exact) mass is 303 g/mol. The second-order valence-corrected chi connectivity index (χ2v) is 4.93. The fourth-order valence-electron chi connectivity index (χ4n) is 1.52. The summed E-state index contributed by atoms with van der Waals surface area (Å²) >= 11 is 6.01. The van der Waals surface area contributed by atoms with Gasteiger partial charge >= 0.3 is 0 Å². The molecular weight excluding hydrogens is 286 g/mol. The van der Waals surface area contributed by atoms with Crippen LogP contribution in [0.25, 0.3) is 0 Å². The van der Waals surface area contributed by atoms with Crippen LogP contribution in [0.4, 0.5) is 0 Å². The molecule has 3 N–H and O–H groups in total. The Morgan fingerprint density at radius 3 is 2.35 bits per heavy atom. The third-order valence-electron chi connectivity index (χ3n) is 2.81. The van der Waals surface area contributed by atoms with E-state index in [2.05, 4.69) is 5.32 Å². The lowest BCUT2D eigenvalue weighted by Crippen LogP contribution is -2.51. The molecule has 0 heterocycles. The largest absolute Gasteiger partial charge is 0.493 e. The Kier molecular flexibility index (Phi) is 5.62. The minimum absolute atomic E-state index is 0.228. The maximum absolute atomic E-state index is 12.1. The molecule has 0 aliphatic heterocycles. The maximum Gasteiger partial charge on any atom is 0.252 e. The highest BCUT2D eigenvalue weighted by molar-refractivity contribution is 6.32. The van der Waals surface area contributed by atoms with E-state index in [9.17, 15) is 15.0 Å². The van der Waals surface area contributed by atoms with E-state index in [1.54, 1.807) is 0 Å². The van der Waals surface area contributed by atoms with E-state index in [0.29, 0.717) is 11.5 Å². The van der Waals surface area contributed by atoms with E-state index >= 15 is 0 Å². The van der Waals surface area contributed by atoms with E-state index in [4.69, 9.17) is 21.1 Å². The van der Waals surface area contributed by atoms with Crippen LogP contribution in [0.1, 0.15) is 17.3 Å². The molecule has 0 saturated heterocycles. The van der Waals surface area contributed by atoms with Gasteiger partial charge in [0.1, 0.15) is 0 Å². The van der Waals surface area contributed by atoms with Gasteiger partial charge in [-0.3, -0.25) is 4.79 Å². The molecule has 1 aromatic carbocycles. The number of rotatable bonds is 6. The fraction of sp³-hybridized carbons (Fsp3) is 0.462. The normalized spacial score (nSPS) is 11.1. The van der Waals surface area contributed by atoms with Gasteiger partial charge in [-0.1, -0.05) is 11.6 Å². The summed E-state index contributed by atoms with van der Waals surface area (Å²) in [5, 5.41) is 21.1. The van der Waals surface area contributed by atoms with Crippen molar-refractivity contribution in [3.05, 3.63) is 22.7 Å². The lowest BCUT2D eigenvalue weighted by molar-refractivity contribution is 0.0723. The van der Waals surface area contributed by atoms with Crippen LogP contribution in [0.2, 0.25) is 5.02 Å². The summed E-state index contributed by atoms with van der Waals surface area (Å²) in [6.45, 7) is 0.736. The first kappa shape index (κ1) is 16.6. The third kappa shape index (κ3) is 3.53. The van der Waals surface area contributed by atoms with Gasteiger partial charge in [0, 0.05) is 5.56 Å². The first-order valence-corrected chi connectivity index (χ1v) is 6.24. The van der Waals surface area contributed by atoms with Crippen molar-refractivity contribution in [2.75, 3.05) is 27.4 Å². The molecule has 0 unspecified atom stereocenters.